The Bertz CT molecular complexity index is 663. The molecule has 2 aromatic rings. The molecule has 0 atom stereocenters. The summed E-state index contributed by atoms with van der Waals surface area (Å²) in [6.07, 6.45) is 0.464. The molecule has 0 fully saturated rings. The number of carbonyl (C=O) groups is 1. The summed E-state index contributed by atoms with van der Waals surface area (Å²) >= 11 is 9.62. The minimum absolute atomic E-state index is 0.0314. The van der Waals surface area contributed by atoms with Crippen molar-refractivity contribution in [1.82, 2.24) is 10.2 Å². The van der Waals surface area contributed by atoms with Crippen LogP contribution in [0, 0.1) is 0 Å². The molecule has 5 heteroatoms. The molecule has 0 spiro atoms. The first-order valence-electron chi connectivity index (χ1n) is 7.48. The smallest absolute Gasteiger partial charge is 0.221 e. The van der Waals surface area contributed by atoms with Crippen LogP contribution in [0.15, 0.2) is 53.0 Å². The van der Waals surface area contributed by atoms with Crippen molar-refractivity contribution in [3.63, 3.8) is 0 Å². The first kappa shape index (κ1) is 18.0. The zero-order valence-corrected chi connectivity index (χ0v) is 15.4. The summed E-state index contributed by atoms with van der Waals surface area (Å²) in [5.41, 5.74) is 2.15. The number of nitrogens with one attached hydrogen (secondary N) is 1. The van der Waals surface area contributed by atoms with E-state index in [1.54, 1.807) is 0 Å². The maximum absolute atomic E-state index is 12.0. The Labute approximate surface area is 150 Å². The molecule has 0 saturated heterocycles. The minimum atomic E-state index is 0.0314. The lowest BCUT2D eigenvalue weighted by molar-refractivity contribution is -0.121. The van der Waals surface area contributed by atoms with Gasteiger partial charge in [-0.25, -0.2) is 0 Å². The van der Waals surface area contributed by atoms with Crippen LogP contribution in [0.2, 0.25) is 5.02 Å². The van der Waals surface area contributed by atoms with Gasteiger partial charge in [0.2, 0.25) is 5.91 Å². The topological polar surface area (TPSA) is 32.3 Å². The molecular formula is C18H20BrClN2O. The maximum Gasteiger partial charge on any atom is 0.221 e. The van der Waals surface area contributed by atoms with Crippen LogP contribution < -0.4 is 5.32 Å². The van der Waals surface area contributed by atoms with Gasteiger partial charge in [-0.15, -0.1) is 0 Å². The van der Waals surface area contributed by atoms with Crippen molar-refractivity contribution in [2.24, 2.45) is 0 Å². The third-order valence-corrected chi connectivity index (χ3v) is 4.69. The van der Waals surface area contributed by atoms with Crippen LogP contribution in [0.3, 0.4) is 0 Å². The first-order valence-corrected chi connectivity index (χ1v) is 8.65. The van der Waals surface area contributed by atoms with Crippen LogP contribution in [0.5, 0.6) is 0 Å². The van der Waals surface area contributed by atoms with Gasteiger partial charge in [-0.1, -0.05) is 63.9 Å². The SMILES string of the molecule is CN(CCC(=O)NCc1ccccc1Cl)Cc1ccccc1Br. The lowest BCUT2D eigenvalue weighted by atomic mass is 10.2. The predicted octanol–water partition coefficient (Wildman–Crippen LogP) is 4.24. The van der Waals surface area contributed by atoms with Crippen molar-refractivity contribution in [3.8, 4) is 0 Å². The number of nitrogens with zero attached hydrogens (tertiary/aromatic N) is 1. The van der Waals surface area contributed by atoms with Crippen molar-refractivity contribution < 1.29 is 4.79 Å². The molecule has 0 aliphatic rings. The Morgan fingerprint density at radius 2 is 1.78 bits per heavy atom. The zero-order valence-electron chi connectivity index (χ0n) is 13.1. The summed E-state index contributed by atoms with van der Waals surface area (Å²) in [7, 11) is 2.01. The molecule has 0 unspecified atom stereocenters. The molecule has 0 bridgehead atoms. The second-order valence-electron chi connectivity index (χ2n) is 5.45. The molecule has 122 valence electrons. The lowest BCUT2D eigenvalue weighted by Crippen LogP contribution is -2.28. The van der Waals surface area contributed by atoms with Crippen molar-refractivity contribution in [1.29, 1.82) is 0 Å². The van der Waals surface area contributed by atoms with Crippen LogP contribution in [0.1, 0.15) is 17.5 Å². The summed E-state index contributed by atoms with van der Waals surface area (Å²) in [5.74, 6) is 0.0314. The Morgan fingerprint density at radius 1 is 1.13 bits per heavy atom. The largest absolute Gasteiger partial charge is 0.352 e. The number of hydrogen-bond acceptors (Lipinski definition) is 2. The Morgan fingerprint density at radius 3 is 2.48 bits per heavy atom. The van der Waals surface area contributed by atoms with Gasteiger partial charge in [-0.2, -0.15) is 0 Å². The highest BCUT2D eigenvalue weighted by molar-refractivity contribution is 9.10. The molecule has 3 nitrogen and oxygen atoms in total. The third kappa shape index (κ3) is 5.98. The standard InChI is InChI=1S/C18H20BrClN2O/c1-22(13-15-7-2-4-8-16(15)19)11-10-18(23)21-12-14-6-3-5-9-17(14)20/h2-9H,10-13H2,1H3,(H,21,23). The Balaban J connectivity index is 1.74. The molecule has 2 rings (SSSR count). The van der Waals surface area contributed by atoms with Crippen LogP contribution >= 0.6 is 27.5 Å². The van der Waals surface area contributed by atoms with E-state index in [1.807, 2.05) is 49.5 Å². The van der Waals surface area contributed by atoms with Gasteiger partial charge < -0.3 is 10.2 Å². The van der Waals surface area contributed by atoms with E-state index in [1.165, 1.54) is 5.56 Å². The van der Waals surface area contributed by atoms with Crippen LogP contribution in [0.4, 0.5) is 0 Å². The van der Waals surface area contributed by atoms with Gasteiger partial charge in [0.05, 0.1) is 0 Å². The molecule has 23 heavy (non-hydrogen) atoms. The first-order chi connectivity index (χ1) is 11.1. The fraction of sp³-hybridized carbons (Fsp3) is 0.278. The molecule has 0 aliphatic carbocycles. The van der Waals surface area contributed by atoms with Gasteiger partial charge in [0.25, 0.3) is 0 Å². The summed E-state index contributed by atoms with van der Waals surface area (Å²) in [6, 6.07) is 15.7. The molecule has 1 amide bonds. The van der Waals surface area contributed by atoms with E-state index in [0.29, 0.717) is 24.5 Å². The second-order valence-corrected chi connectivity index (χ2v) is 6.71. The van der Waals surface area contributed by atoms with Gasteiger partial charge in [0, 0.05) is 35.6 Å². The number of halogens is 2. The molecule has 2 aromatic carbocycles. The Hall–Kier alpha value is -1.36. The van der Waals surface area contributed by atoms with Crippen molar-refractivity contribution >= 4 is 33.4 Å². The van der Waals surface area contributed by atoms with E-state index >= 15 is 0 Å². The average molecular weight is 396 g/mol. The van der Waals surface area contributed by atoms with Gasteiger partial charge in [-0.3, -0.25) is 4.79 Å². The van der Waals surface area contributed by atoms with Gasteiger partial charge in [-0.05, 0) is 30.3 Å². The fourth-order valence-corrected chi connectivity index (χ4v) is 2.83. The number of rotatable bonds is 7. The average Bonchev–Trinajstić information content (AvgIpc) is 2.54. The maximum atomic E-state index is 12.0. The minimum Gasteiger partial charge on any atom is -0.352 e. The van der Waals surface area contributed by atoms with Crippen molar-refractivity contribution in [2.45, 2.75) is 19.5 Å². The molecular weight excluding hydrogens is 376 g/mol. The predicted molar refractivity (Wildman–Crippen MR) is 98.4 cm³/mol. The van der Waals surface area contributed by atoms with E-state index in [2.05, 4.69) is 32.2 Å². The zero-order chi connectivity index (χ0) is 16.7. The number of carbonyl (C=O) groups excluding carboxylic acids is 1. The van der Waals surface area contributed by atoms with E-state index in [9.17, 15) is 4.79 Å². The second kappa shape index (κ2) is 9.06. The highest BCUT2D eigenvalue weighted by Gasteiger charge is 2.07. The summed E-state index contributed by atoms with van der Waals surface area (Å²) in [5, 5.41) is 3.59. The molecule has 0 saturated carbocycles. The molecule has 0 aliphatic heterocycles. The number of amides is 1. The normalized spacial score (nSPS) is 10.8. The molecule has 1 N–H and O–H groups in total. The third-order valence-electron chi connectivity index (χ3n) is 3.55. The summed E-state index contributed by atoms with van der Waals surface area (Å²) in [4.78, 5) is 14.1. The van der Waals surface area contributed by atoms with Gasteiger partial charge in [0.1, 0.15) is 0 Å². The number of hydrogen-bond donors (Lipinski definition) is 1. The van der Waals surface area contributed by atoms with Crippen molar-refractivity contribution in [3.05, 3.63) is 69.2 Å². The van der Waals surface area contributed by atoms with Crippen LogP contribution in [-0.2, 0) is 17.9 Å². The Kier molecular flexibility index (Phi) is 7.09. The van der Waals surface area contributed by atoms with Gasteiger partial charge in [0.15, 0.2) is 0 Å². The fourth-order valence-electron chi connectivity index (χ4n) is 2.21. The molecule has 0 aromatic heterocycles. The van der Waals surface area contributed by atoms with E-state index < -0.39 is 0 Å². The monoisotopic (exact) mass is 394 g/mol. The quantitative estimate of drug-likeness (QED) is 0.760. The van der Waals surface area contributed by atoms with E-state index in [-0.39, 0.29) is 5.91 Å². The lowest BCUT2D eigenvalue weighted by Gasteiger charge is -2.17. The molecule has 0 heterocycles. The van der Waals surface area contributed by atoms with Gasteiger partial charge >= 0.3 is 0 Å². The number of benzene rings is 2. The highest BCUT2D eigenvalue weighted by atomic mass is 79.9. The van der Waals surface area contributed by atoms with Crippen LogP contribution in [0.25, 0.3) is 0 Å². The highest BCUT2D eigenvalue weighted by Crippen LogP contribution is 2.17. The molecule has 0 radical (unpaired) electrons. The summed E-state index contributed by atoms with van der Waals surface area (Å²) in [6.45, 7) is 1.97. The van der Waals surface area contributed by atoms with Crippen LogP contribution in [-0.4, -0.2) is 24.4 Å². The van der Waals surface area contributed by atoms with Crippen molar-refractivity contribution in [2.75, 3.05) is 13.6 Å². The van der Waals surface area contributed by atoms with E-state index in [0.717, 1.165) is 16.6 Å². The van der Waals surface area contributed by atoms with E-state index in [4.69, 9.17) is 11.6 Å². The summed E-state index contributed by atoms with van der Waals surface area (Å²) < 4.78 is 1.09.